The second-order valence-corrected chi connectivity index (χ2v) is 8.07. The fourth-order valence-electron chi connectivity index (χ4n) is 3.11. The zero-order valence-corrected chi connectivity index (χ0v) is 17.6. The highest BCUT2D eigenvalue weighted by molar-refractivity contribution is 7.19. The summed E-state index contributed by atoms with van der Waals surface area (Å²) in [5.74, 6) is 0.267. The molecule has 0 bridgehead atoms. The van der Waals surface area contributed by atoms with Gasteiger partial charge in [0.1, 0.15) is 18.0 Å². The van der Waals surface area contributed by atoms with E-state index in [2.05, 4.69) is 15.4 Å². The summed E-state index contributed by atoms with van der Waals surface area (Å²) in [5, 5.41) is 8.07. The molecular weight excluding hydrogens is 400 g/mol. The second-order valence-electron chi connectivity index (χ2n) is 6.87. The summed E-state index contributed by atoms with van der Waals surface area (Å²) in [6.45, 7) is 3.64. The zero-order valence-electron chi connectivity index (χ0n) is 16.8. The van der Waals surface area contributed by atoms with Crippen LogP contribution in [0.3, 0.4) is 0 Å². The molecule has 0 saturated heterocycles. The van der Waals surface area contributed by atoms with Gasteiger partial charge in [0, 0.05) is 17.3 Å². The fourth-order valence-corrected chi connectivity index (χ4v) is 4.03. The molecule has 2 aromatic carbocycles. The summed E-state index contributed by atoms with van der Waals surface area (Å²) >= 11 is 1.42. The number of benzene rings is 2. The van der Waals surface area contributed by atoms with Crippen LogP contribution < -0.4 is 15.6 Å². The number of thiazole rings is 1. The maximum atomic E-state index is 12.9. The number of hydrogen-bond donors (Lipinski definition) is 1. The average Bonchev–Trinajstić information content (AvgIpc) is 3.13. The molecule has 8 heteroatoms. The third-order valence-corrected chi connectivity index (χ3v) is 5.56. The zero-order chi connectivity index (χ0) is 21.3. The molecule has 0 spiro atoms. The number of anilines is 1. The van der Waals surface area contributed by atoms with Crippen molar-refractivity contribution in [2.45, 2.75) is 20.4 Å². The van der Waals surface area contributed by atoms with Gasteiger partial charge in [-0.1, -0.05) is 35.9 Å². The van der Waals surface area contributed by atoms with E-state index in [9.17, 15) is 9.59 Å². The number of fused-ring (bicyclic) bond motifs is 1. The van der Waals surface area contributed by atoms with Gasteiger partial charge in [0.25, 0.3) is 5.56 Å². The fraction of sp³-hybridized carbons (Fsp3) is 0.182. The van der Waals surface area contributed by atoms with Crippen molar-refractivity contribution in [3.8, 4) is 17.0 Å². The Morgan fingerprint density at radius 1 is 1.17 bits per heavy atom. The lowest BCUT2D eigenvalue weighted by Crippen LogP contribution is -2.30. The monoisotopic (exact) mass is 420 g/mol. The maximum absolute atomic E-state index is 12.9. The van der Waals surface area contributed by atoms with Crippen LogP contribution in [-0.4, -0.2) is 27.8 Å². The average molecular weight is 420 g/mol. The van der Waals surface area contributed by atoms with Crippen molar-refractivity contribution in [1.29, 1.82) is 0 Å². The molecule has 152 valence electrons. The third-order valence-electron chi connectivity index (χ3n) is 4.58. The first-order chi connectivity index (χ1) is 14.4. The number of hydrogen-bond acceptors (Lipinski definition) is 6. The van der Waals surface area contributed by atoms with Crippen LogP contribution in [0, 0.1) is 13.8 Å². The molecule has 0 fully saturated rings. The van der Waals surface area contributed by atoms with Crippen molar-refractivity contribution in [1.82, 2.24) is 14.8 Å². The van der Waals surface area contributed by atoms with E-state index in [4.69, 9.17) is 4.74 Å². The molecule has 0 atom stereocenters. The van der Waals surface area contributed by atoms with Crippen molar-refractivity contribution in [3.63, 3.8) is 0 Å². The van der Waals surface area contributed by atoms with E-state index in [1.807, 2.05) is 38.1 Å². The summed E-state index contributed by atoms with van der Waals surface area (Å²) in [5.41, 5.74) is 3.17. The molecule has 0 radical (unpaired) electrons. The number of rotatable bonds is 5. The molecule has 4 rings (SSSR count). The Balaban J connectivity index is 1.71. The van der Waals surface area contributed by atoms with Gasteiger partial charge in [-0.25, -0.2) is 9.67 Å². The van der Waals surface area contributed by atoms with Crippen LogP contribution in [0.25, 0.3) is 21.5 Å². The highest BCUT2D eigenvalue weighted by Crippen LogP contribution is 2.29. The molecule has 0 aliphatic heterocycles. The van der Waals surface area contributed by atoms with E-state index in [1.54, 1.807) is 31.4 Å². The molecule has 2 aromatic heterocycles. The summed E-state index contributed by atoms with van der Waals surface area (Å²) in [4.78, 5) is 29.9. The van der Waals surface area contributed by atoms with Gasteiger partial charge in [0.05, 0.1) is 16.8 Å². The quantitative estimate of drug-likeness (QED) is 0.531. The molecule has 2 heterocycles. The van der Waals surface area contributed by atoms with Gasteiger partial charge >= 0.3 is 0 Å². The molecule has 0 saturated carbocycles. The Morgan fingerprint density at radius 2 is 1.93 bits per heavy atom. The molecule has 1 N–H and O–H groups in total. The number of aromatic nitrogens is 3. The largest absolute Gasteiger partial charge is 0.497 e. The number of nitrogens with zero attached hydrogens (tertiary/aromatic N) is 3. The summed E-state index contributed by atoms with van der Waals surface area (Å²) in [6.07, 6.45) is 0. The first-order valence-electron chi connectivity index (χ1n) is 9.34. The van der Waals surface area contributed by atoms with E-state index in [-0.39, 0.29) is 18.0 Å². The van der Waals surface area contributed by atoms with Gasteiger partial charge in [0.15, 0.2) is 5.52 Å². The Kier molecular flexibility index (Phi) is 5.33. The van der Waals surface area contributed by atoms with E-state index >= 15 is 0 Å². The standard InChI is InChI=1S/C22H20N4O3S/c1-13-7-9-15(10-8-13)19-21-20(23-14(2)30-21)22(28)26(25-19)12-18(27)24-16-5-4-6-17(11-16)29-3/h4-11H,12H2,1-3H3,(H,24,27). The summed E-state index contributed by atoms with van der Waals surface area (Å²) < 4.78 is 7.07. The van der Waals surface area contributed by atoms with E-state index in [1.165, 1.54) is 16.0 Å². The number of ether oxygens (including phenoxy) is 1. The number of carbonyl (C=O) groups is 1. The molecule has 7 nitrogen and oxygen atoms in total. The van der Waals surface area contributed by atoms with Crippen LogP contribution in [0.5, 0.6) is 5.75 Å². The van der Waals surface area contributed by atoms with E-state index < -0.39 is 0 Å². The molecule has 0 aliphatic carbocycles. The molecule has 0 unspecified atom stereocenters. The second kappa shape index (κ2) is 8.08. The SMILES string of the molecule is COc1cccc(NC(=O)Cn2nc(-c3ccc(C)cc3)c3sc(C)nc3c2=O)c1. The number of amides is 1. The lowest BCUT2D eigenvalue weighted by molar-refractivity contribution is -0.117. The van der Waals surface area contributed by atoms with Crippen LogP contribution >= 0.6 is 11.3 Å². The highest BCUT2D eigenvalue weighted by Gasteiger charge is 2.18. The minimum absolute atomic E-state index is 0.221. The van der Waals surface area contributed by atoms with Crippen molar-refractivity contribution in [2.24, 2.45) is 0 Å². The van der Waals surface area contributed by atoms with Gasteiger partial charge in [-0.15, -0.1) is 11.3 Å². The Hall–Kier alpha value is -3.52. The first kappa shape index (κ1) is 19.8. The molecular formula is C22H20N4O3S. The normalized spacial score (nSPS) is 10.9. The van der Waals surface area contributed by atoms with Crippen molar-refractivity contribution < 1.29 is 9.53 Å². The van der Waals surface area contributed by atoms with Crippen LogP contribution in [0.2, 0.25) is 0 Å². The van der Waals surface area contributed by atoms with Crippen LogP contribution in [-0.2, 0) is 11.3 Å². The van der Waals surface area contributed by atoms with Crippen molar-refractivity contribution >= 4 is 33.1 Å². The highest BCUT2D eigenvalue weighted by atomic mass is 32.1. The Bertz CT molecular complexity index is 1290. The number of nitrogens with one attached hydrogen (secondary N) is 1. The van der Waals surface area contributed by atoms with Gasteiger partial charge in [0.2, 0.25) is 5.91 Å². The van der Waals surface area contributed by atoms with Crippen molar-refractivity contribution in [2.75, 3.05) is 12.4 Å². The van der Waals surface area contributed by atoms with E-state index in [0.29, 0.717) is 22.6 Å². The molecule has 30 heavy (non-hydrogen) atoms. The number of aryl methyl sites for hydroxylation is 2. The van der Waals surface area contributed by atoms with Crippen LogP contribution in [0.15, 0.2) is 53.3 Å². The van der Waals surface area contributed by atoms with Crippen molar-refractivity contribution in [3.05, 3.63) is 69.5 Å². The summed E-state index contributed by atoms with van der Waals surface area (Å²) in [6, 6.07) is 14.9. The van der Waals surface area contributed by atoms with Crippen LogP contribution in [0.1, 0.15) is 10.6 Å². The van der Waals surface area contributed by atoms with E-state index in [0.717, 1.165) is 20.8 Å². The molecule has 0 aliphatic rings. The molecule has 4 aromatic rings. The minimum Gasteiger partial charge on any atom is -0.497 e. The smallest absolute Gasteiger partial charge is 0.294 e. The maximum Gasteiger partial charge on any atom is 0.294 e. The van der Waals surface area contributed by atoms with Gasteiger partial charge in [-0.2, -0.15) is 5.10 Å². The van der Waals surface area contributed by atoms with Gasteiger partial charge in [-0.05, 0) is 26.0 Å². The Morgan fingerprint density at radius 3 is 2.67 bits per heavy atom. The minimum atomic E-state index is -0.383. The van der Waals surface area contributed by atoms with Gasteiger partial charge < -0.3 is 10.1 Å². The van der Waals surface area contributed by atoms with Gasteiger partial charge in [-0.3, -0.25) is 9.59 Å². The molecule has 1 amide bonds. The third kappa shape index (κ3) is 3.95. The predicted octanol–water partition coefficient (Wildman–Crippen LogP) is 3.78. The predicted molar refractivity (Wildman–Crippen MR) is 118 cm³/mol. The van der Waals surface area contributed by atoms with Crippen LogP contribution in [0.4, 0.5) is 5.69 Å². The topological polar surface area (TPSA) is 86.1 Å². The lowest BCUT2D eigenvalue weighted by atomic mass is 10.1. The number of carbonyl (C=O) groups excluding carboxylic acids is 1. The Labute approximate surface area is 177 Å². The summed E-state index contributed by atoms with van der Waals surface area (Å²) in [7, 11) is 1.56. The first-order valence-corrected chi connectivity index (χ1v) is 10.2. The number of methoxy groups -OCH3 is 1. The lowest BCUT2D eigenvalue weighted by Gasteiger charge is -2.10.